The lowest BCUT2D eigenvalue weighted by Gasteiger charge is -2.13. The summed E-state index contributed by atoms with van der Waals surface area (Å²) in [5.74, 6) is -1.51. The van der Waals surface area contributed by atoms with Crippen LogP contribution in [0.1, 0.15) is 20.8 Å². The van der Waals surface area contributed by atoms with Gasteiger partial charge in [-0.1, -0.05) is 29.8 Å². The third-order valence-electron chi connectivity index (χ3n) is 4.05. The van der Waals surface area contributed by atoms with Gasteiger partial charge in [-0.3, -0.25) is 10.1 Å². The van der Waals surface area contributed by atoms with E-state index >= 15 is 0 Å². The highest BCUT2D eigenvalue weighted by Gasteiger charge is 2.23. The van der Waals surface area contributed by atoms with Crippen LogP contribution >= 0.6 is 22.9 Å². The minimum Gasteiger partial charge on any atom is -0.298 e. The lowest BCUT2D eigenvalue weighted by atomic mass is 10.1. The summed E-state index contributed by atoms with van der Waals surface area (Å²) in [4.78, 5) is 17.0. The summed E-state index contributed by atoms with van der Waals surface area (Å²) in [5.41, 5.74) is 0.947. The number of amides is 1. The number of anilines is 1. The number of thiazole rings is 1. The number of halogens is 2. The summed E-state index contributed by atoms with van der Waals surface area (Å²) < 4.78 is 39.3. The molecule has 0 radical (unpaired) electrons. The molecule has 152 valence electrons. The zero-order valence-corrected chi connectivity index (χ0v) is 17.9. The van der Waals surface area contributed by atoms with Crippen molar-refractivity contribution in [2.75, 3.05) is 19.4 Å². The molecule has 0 fully saturated rings. The molecule has 0 aliphatic carbocycles. The van der Waals surface area contributed by atoms with Crippen LogP contribution in [0.2, 0.25) is 5.02 Å². The van der Waals surface area contributed by atoms with E-state index in [1.807, 2.05) is 18.2 Å². The third-order valence-corrected chi connectivity index (χ3v) is 7.16. The SMILES string of the molecule is CN(C)S(=O)(=O)c1cc(C(=O)Nc2ncc(Cc3ccccc3Cl)s2)ccc1F. The van der Waals surface area contributed by atoms with Crippen LogP contribution in [-0.2, 0) is 16.4 Å². The maximum Gasteiger partial charge on any atom is 0.257 e. The lowest BCUT2D eigenvalue weighted by Crippen LogP contribution is -2.24. The third kappa shape index (κ3) is 4.81. The van der Waals surface area contributed by atoms with Gasteiger partial charge >= 0.3 is 0 Å². The van der Waals surface area contributed by atoms with E-state index < -0.39 is 26.6 Å². The Labute approximate surface area is 177 Å². The Hall–Kier alpha value is -2.33. The van der Waals surface area contributed by atoms with E-state index in [1.165, 1.54) is 31.5 Å². The van der Waals surface area contributed by atoms with E-state index in [4.69, 9.17) is 11.6 Å². The van der Waals surface area contributed by atoms with Gasteiger partial charge in [-0.15, -0.1) is 11.3 Å². The Balaban J connectivity index is 1.78. The number of nitrogens with one attached hydrogen (secondary N) is 1. The van der Waals surface area contributed by atoms with Gasteiger partial charge < -0.3 is 0 Å². The predicted molar refractivity (Wildman–Crippen MR) is 112 cm³/mol. The maximum atomic E-state index is 14.0. The second-order valence-electron chi connectivity index (χ2n) is 6.29. The minimum atomic E-state index is -4.02. The Morgan fingerprint density at radius 3 is 2.66 bits per heavy atom. The number of hydrogen-bond acceptors (Lipinski definition) is 5. The molecular weight excluding hydrogens is 437 g/mol. The van der Waals surface area contributed by atoms with E-state index in [1.54, 1.807) is 12.3 Å². The lowest BCUT2D eigenvalue weighted by molar-refractivity contribution is 0.102. The number of carbonyl (C=O) groups excluding carboxylic acids is 1. The van der Waals surface area contributed by atoms with Gasteiger partial charge in [0.05, 0.1) is 0 Å². The van der Waals surface area contributed by atoms with Crippen LogP contribution in [-0.4, -0.2) is 37.7 Å². The molecule has 0 unspecified atom stereocenters. The molecule has 10 heteroatoms. The van der Waals surface area contributed by atoms with Crippen LogP contribution < -0.4 is 5.32 Å². The highest BCUT2D eigenvalue weighted by Crippen LogP contribution is 2.25. The fourth-order valence-corrected chi connectivity index (χ4v) is 4.50. The normalized spacial score (nSPS) is 11.6. The number of carbonyl (C=O) groups is 1. The van der Waals surface area contributed by atoms with Crippen LogP contribution in [0.3, 0.4) is 0 Å². The van der Waals surface area contributed by atoms with Crippen LogP contribution in [0.25, 0.3) is 0 Å². The number of aromatic nitrogens is 1. The molecule has 0 atom stereocenters. The van der Waals surface area contributed by atoms with E-state index in [0.717, 1.165) is 26.9 Å². The molecule has 3 rings (SSSR count). The molecule has 6 nitrogen and oxygen atoms in total. The van der Waals surface area contributed by atoms with Crippen molar-refractivity contribution < 1.29 is 17.6 Å². The van der Waals surface area contributed by atoms with Crippen molar-refractivity contribution in [3.8, 4) is 0 Å². The molecule has 1 amide bonds. The molecule has 0 spiro atoms. The van der Waals surface area contributed by atoms with Crippen molar-refractivity contribution in [1.82, 2.24) is 9.29 Å². The monoisotopic (exact) mass is 453 g/mol. The second-order valence-corrected chi connectivity index (χ2v) is 9.93. The first-order valence-corrected chi connectivity index (χ1v) is 11.0. The van der Waals surface area contributed by atoms with Gasteiger partial charge in [0.25, 0.3) is 5.91 Å². The zero-order chi connectivity index (χ0) is 21.2. The quantitative estimate of drug-likeness (QED) is 0.611. The first-order chi connectivity index (χ1) is 13.7. The molecule has 29 heavy (non-hydrogen) atoms. The topological polar surface area (TPSA) is 79.4 Å². The molecular formula is C19H17ClFN3O3S2. The molecule has 1 aromatic heterocycles. The fraction of sp³-hybridized carbons (Fsp3) is 0.158. The molecule has 0 aliphatic rings. The Kier molecular flexibility index (Phi) is 6.33. The van der Waals surface area contributed by atoms with Gasteiger partial charge in [0, 0.05) is 42.2 Å². The highest BCUT2D eigenvalue weighted by atomic mass is 35.5. The van der Waals surface area contributed by atoms with Crippen molar-refractivity contribution in [2.45, 2.75) is 11.3 Å². The largest absolute Gasteiger partial charge is 0.298 e. The Bertz CT molecular complexity index is 1160. The molecule has 3 aromatic rings. The molecule has 1 heterocycles. The molecule has 0 saturated heterocycles. The summed E-state index contributed by atoms with van der Waals surface area (Å²) in [6.45, 7) is 0. The van der Waals surface area contributed by atoms with Gasteiger partial charge in [0.1, 0.15) is 10.7 Å². The summed E-state index contributed by atoms with van der Waals surface area (Å²) in [6, 6.07) is 10.6. The average molecular weight is 454 g/mol. The molecule has 1 N–H and O–H groups in total. The summed E-state index contributed by atoms with van der Waals surface area (Å²) in [6.07, 6.45) is 2.20. The number of rotatable bonds is 6. The highest BCUT2D eigenvalue weighted by molar-refractivity contribution is 7.89. The van der Waals surface area contributed by atoms with Crippen LogP contribution in [0.15, 0.2) is 53.6 Å². The van der Waals surface area contributed by atoms with Crippen molar-refractivity contribution in [3.05, 3.63) is 75.5 Å². The maximum absolute atomic E-state index is 14.0. The van der Waals surface area contributed by atoms with E-state index in [2.05, 4.69) is 10.3 Å². The summed E-state index contributed by atoms with van der Waals surface area (Å²) >= 11 is 7.44. The minimum absolute atomic E-state index is 0.00896. The fourth-order valence-electron chi connectivity index (χ4n) is 2.48. The van der Waals surface area contributed by atoms with Gasteiger partial charge in [0.15, 0.2) is 5.13 Å². The predicted octanol–water partition coefficient (Wildman–Crippen LogP) is 4.03. The molecule has 2 aromatic carbocycles. The van der Waals surface area contributed by atoms with Crippen molar-refractivity contribution in [3.63, 3.8) is 0 Å². The number of sulfonamides is 1. The Morgan fingerprint density at radius 1 is 1.24 bits per heavy atom. The summed E-state index contributed by atoms with van der Waals surface area (Å²) in [7, 11) is -1.44. The van der Waals surface area contributed by atoms with Gasteiger partial charge in [-0.2, -0.15) is 0 Å². The smallest absolute Gasteiger partial charge is 0.257 e. The first kappa shape index (κ1) is 21.4. The van der Waals surface area contributed by atoms with E-state index in [9.17, 15) is 17.6 Å². The number of benzene rings is 2. The van der Waals surface area contributed by atoms with Gasteiger partial charge in [-0.25, -0.2) is 22.1 Å². The van der Waals surface area contributed by atoms with E-state index in [-0.39, 0.29) is 5.56 Å². The van der Waals surface area contributed by atoms with Crippen LogP contribution in [0.4, 0.5) is 9.52 Å². The van der Waals surface area contributed by atoms with Crippen molar-refractivity contribution in [1.29, 1.82) is 0 Å². The molecule has 0 bridgehead atoms. The van der Waals surface area contributed by atoms with E-state index in [0.29, 0.717) is 16.6 Å². The van der Waals surface area contributed by atoms with Gasteiger partial charge in [-0.05, 0) is 29.8 Å². The molecule has 0 aliphatic heterocycles. The zero-order valence-electron chi connectivity index (χ0n) is 15.5. The first-order valence-electron chi connectivity index (χ1n) is 8.40. The second kappa shape index (κ2) is 8.58. The van der Waals surface area contributed by atoms with Gasteiger partial charge in [0.2, 0.25) is 10.0 Å². The number of nitrogens with zero attached hydrogens (tertiary/aromatic N) is 2. The molecule has 0 saturated carbocycles. The van der Waals surface area contributed by atoms with Crippen molar-refractivity contribution in [2.24, 2.45) is 0 Å². The van der Waals surface area contributed by atoms with Crippen LogP contribution in [0.5, 0.6) is 0 Å². The standard InChI is InChI=1S/C19H17ClFN3O3S2/c1-24(2)29(26,27)17-10-13(7-8-16(17)21)18(25)23-19-22-11-14(28-19)9-12-5-3-4-6-15(12)20/h3-8,10-11H,9H2,1-2H3,(H,22,23,25). The average Bonchev–Trinajstić information content (AvgIpc) is 3.10. The summed E-state index contributed by atoms with van der Waals surface area (Å²) in [5, 5.41) is 3.60. The van der Waals surface area contributed by atoms with Crippen LogP contribution in [0, 0.1) is 5.82 Å². The Morgan fingerprint density at radius 2 is 1.97 bits per heavy atom. The van der Waals surface area contributed by atoms with Crippen molar-refractivity contribution >= 4 is 44.0 Å². The number of hydrogen-bond donors (Lipinski definition) is 1.